The SMILES string of the molecule is Cc1ccccc1NC(=O)COc1ccc(Cl)cc1[C@@H]1c2sc(=O)[nH]c2S[C@H]2C(=O)N(c3ccccc3C(F)(F)F)C(=O)[C@@H]12. The monoisotopic (exact) mass is 659 g/mol. The molecule has 0 unspecified atom stereocenters. The molecule has 8 nitrogen and oxygen atoms in total. The Hall–Kier alpha value is -4.07. The Morgan fingerprint density at radius 2 is 1.77 bits per heavy atom. The Labute approximate surface area is 261 Å². The first-order valence-electron chi connectivity index (χ1n) is 13.2. The van der Waals surface area contributed by atoms with Crippen LogP contribution in [0.1, 0.15) is 27.5 Å². The first kappa shape index (κ1) is 30.0. The Bertz CT molecular complexity index is 1870. The Morgan fingerprint density at radius 1 is 1.05 bits per heavy atom. The summed E-state index contributed by atoms with van der Waals surface area (Å²) in [6.07, 6.45) is -4.83. The standard InChI is InChI=1S/C30H21ClF3N3O5S2/c1-14-6-2-4-8-18(14)35-21(38)13-42-20-11-10-15(31)12-16(20)22-23-25(43-26-24(22)44-29(41)36-26)28(40)37(27(23)39)19-9-5-3-7-17(19)30(32,33)34/h2-12,22-23,25H,13H2,1H3,(H,35,38)(H,36,41)/t22-,23-,25+/m0/s1. The summed E-state index contributed by atoms with van der Waals surface area (Å²) in [4.78, 5) is 56.2. The van der Waals surface area contributed by atoms with Gasteiger partial charge in [0.15, 0.2) is 6.61 Å². The van der Waals surface area contributed by atoms with Gasteiger partial charge in [-0.15, -0.1) is 0 Å². The van der Waals surface area contributed by atoms with Crippen molar-refractivity contribution in [2.75, 3.05) is 16.8 Å². The second kappa shape index (κ2) is 11.5. The summed E-state index contributed by atoms with van der Waals surface area (Å²) >= 11 is 8.11. The highest BCUT2D eigenvalue weighted by Crippen LogP contribution is 2.55. The third kappa shape index (κ3) is 5.39. The maximum Gasteiger partial charge on any atom is 0.418 e. The van der Waals surface area contributed by atoms with E-state index in [2.05, 4.69) is 10.3 Å². The first-order chi connectivity index (χ1) is 20.9. The molecule has 44 heavy (non-hydrogen) atoms. The number of aromatic amines is 1. The number of para-hydroxylation sites is 2. The van der Waals surface area contributed by atoms with Crippen molar-refractivity contribution in [3.63, 3.8) is 0 Å². The zero-order valence-electron chi connectivity index (χ0n) is 22.6. The van der Waals surface area contributed by atoms with Crippen LogP contribution in [0.2, 0.25) is 5.02 Å². The molecule has 3 atom stereocenters. The number of carbonyl (C=O) groups is 3. The van der Waals surface area contributed by atoms with Crippen molar-refractivity contribution in [1.82, 2.24) is 4.98 Å². The van der Waals surface area contributed by atoms with Crippen LogP contribution < -0.4 is 19.8 Å². The molecule has 3 amide bonds. The molecule has 3 aromatic carbocycles. The fourth-order valence-corrected chi connectivity index (χ4v) is 8.12. The maximum absolute atomic E-state index is 14.0. The lowest BCUT2D eigenvalue weighted by Crippen LogP contribution is -2.33. The van der Waals surface area contributed by atoms with Crippen molar-refractivity contribution >= 4 is 63.8 Å². The van der Waals surface area contributed by atoms with E-state index in [4.69, 9.17) is 16.3 Å². The van der Waals surface area contributed by atoms with Gasteiger partial charge in [-0.25, -0.2) is 4.90 Å². The van der Waals surface area contributed by atoms with E-state index in [9.17, 15) is 32.3 Å². The van der Waals surface area contributed by atoms with Crippen LogP contribution in [0.25, 0.3) is 0 Å². The first-order valence-corrected chi connectivity index (χ1v) is 15.2. The third-order valence-corrected chi connectivity index (χ3v) is 10.00. The van der Waals surface area contributed by atoms with Crippen LogP contribution in [0.3, 0.4) is 0 Å². The third-order valence-electron chi connectivity index (χ3n) is 7.36. The molecule has 2 aliphatic heterocycles. The minimum Gasteiger partial charge on any atom is -0.483 e. The Morgan fingerprint density at radius 3 is 2.52 bits per heavy atom. The van der Waals surface area contributed by atoms with Crippen LogP contribution in [0.5, 0.6) is 5.75 Å². The van der Waals surface area contributed by atoms with Gasteiger partial charge in [-0.05, 0) is 48.9 Å². The van der Waals surface area contributed by atoms with Crippen molar-refractivity contribution in [3.05, 3.63) is 103 Å². The van der Waals surface area contributed by atoms with Crippen molar-refractivity contribution in [2.24, 2.45) is 5.92 Å². The highest BCUT2D eigenvalue weighted by molar-refractivity contribution is 8.00. The van der Waals surface area contributed by atoms with Gasteiger partial charge in [-0.2, -0.15) is 13.2 Å². The zero-order chi connectivity index (χ0) is 31.3. The number of nitrogens with zero attached hydrogens (tertiary/aromatic N) is 1. The summed E-state index contributed by atoms with van der Waals surface area (Å²) in [5.41, 5.74) is 0.0444. The predicted molar refractivity (Wildman–Crippen MR) is 161 cm³/mol. The van der Waals surface area contributed by atoms with Crippen LogP contribution in [0.4, 0.5) is 24.5 Å². The molecule has 6 rings (SSSR count). The Kier molecular flexibility index (Phi) is 7.80. The molecule has 2 aliphatic rings. The van der Waals surface area contributed by atoms with Crippen LogP contribution in [0.15, 0.2) is 76.6 Å². The number of anilines is 2. The number of thiazole rings is 1. The molecule has 0 aliphatic carbocycles. The molecule has 1 fully saturated rings. The molecule has 14 heteroatoms. The number of aryl methyl sites for hydroxylation is 1. The summed E-state index contributed by atoms with van der Waals surface area (Å²) in [5, 5.41) is 2.18. The fraction of sp³-hybridized carbons (Fsp3) is 0.200. The molecule has 1 aromatic heterocycles. The lowest BCUT2D eigenvalue weighted by atomic mass is 9.82. The molecule has 4 aromatic rings. The van der Waals surface area contributed by atoms with Gasteiger partial charge in [0.05, 0.1) is 22.2 Å². The molecule has 1 saturated heterocycles. The van der Waals surface area contributed by atoms with E-state index in [1.807, 2.05) is 19.1 Å². The number of hydrogen-bond donors (Lipinski definition) is 2. The van der Waals surface area contributed by atoms with E-state index in [0.717, 1.165) is 40.8 Å². The quantitative estimate of drug-likeness (QED) is 0.238. The summed E-state index contributed by atoms with van der Waals surface area (Å²) in [5.74, 6) is -4.20. The van der Waals surface area contributed by atoms with Gasteiger partial charge in [-0.1, -0.05) is 65.0 Å². The van der Waals surface area contributed by atoms with Crippen molar-refractivity contribution < 1.29 is 32.3 Å². The number of hydrogen-bond acceptors (Lipinski definition) is 7. The molecule has 0 saturated carbocycles. The van der Waals surface area contributed by atoms with E-state index < -0.39 is 63.7 Å². The number of ether oxygens (including phenoxy) is 1. The van der Waals surface area contributed by atoms with E-state index in [-0.39, 0.29) is 10.8 Å². The van der Waals surface area contributed by atoms with Gasteiger partial charge < -0.3 is 15.0 Å². The predicted octanol–water partition coefficient (Wildman–Crippen LogP) is 6.23. The molecule has 0 spiro atoms. The highest BCUT2D eigenvalue weighted by atomic mass is 35.5. The number of alkyl halides is 3. The normalized spacial score (nSPS) is 19.5. The molecule has 2 N–H and O–H groups in total. The van der Waals surface area contributed by atoms with E-state index >= 15 is 0 Å². The van der Waals surface area contributed by atoms with Crippen LogP contribution in [-0.4, -0.2) is 34.6 Å². The molecule has 226 valence electrons. The van der Waals surface area contributed by atoms with Gasteiger partial charge in [0.2, 0.25) is 11.8 Å². The number of nitrogens with one attached hydrogen (secondary N) is 2. The van der Waals surface area contributed by atoms with E-state index in [1.54, 1.807) is 12.1 Å². The van der Waals surface area contributed by atoms with Gasteiger partial charge in [0.1, 0.15) is 11.0 Å². The fourth-order valence-electron chi connectivity index (χ4n) is 5.43. The van der Waals surface area contributed by atoms with Crippen molar-refractivity contribution in [3.8, 4) is 5.75 Å². The number of aromatic nitrogens is 1. The Balaban J connectivity index is 1.39. The minimum absolute atomic E-state index is 0.158. The summed E-state index contributed by atoms with van der Waals surface area (Å²) in [7, 11) is 0. The maximum atomic E-state index is 14.0. The smallest absolute Gasteiger partial charge is 0.418 e. The van der Waals surface area contributed by atoms with Gasteiger partial charge >= 0.3 is 11.0 Å². The summed E-state index contributed by atoms with van der Waals surface area (Å²) in [6.45, 7) is 1.41. The number of halogens is 4. The minimum atomic E-state index is -4.83. The number of thioether (sulfide) groups is 1. The molecular weight excluding hydrogens is 639 g/mol. The summed E-state index contributed by atoms with van der Waals surface area (Å²) in [6, 6.07) is 16.1. The lowest BCUT2D eigenvalue weighted by molar-refractivity contribution is -0.137. The second-order valence-electron chi connectivity index (χ2n) is 10.1. The number of fused-ring (bicyclic) bond motifs is 2. The molecule has 0 bridgehead atoms. The zero-order valence-corrected chi connectivity index (χ0v) is 25.0. The lowest BCUT2D eigenvalue weighted by Gasteiger charge is -2.31. The highest BCUT2D eigenvalue weighted by Gasteiger charge is 2.57. The number of imide groups is 1. The van der Waals surface area contributed by atoms with Gasteiger partial charge in [0, 0.05) is 27.1 Å². The van der Waals surface area contributed by atoms with Gasteiger partial charge in [0.25, 0.3) is 5.91 Å². The van der Waals surface area contributed by atoms with Crippen molar-refractivity contribution in [2.45, 2.75) is 29.3 Å². The number of rotatable bonds is 6. The second-order valence-corrected chi connectivity index (χ2v) is 12.7. The largest absolute Gasteiger partial charge is 0.483 e. The molecular formula is C30H21ClF3N3O5S2. The number of amides is 3. The topological polar surface area (TPSA) is 109 Å². The number of carbonyl (C=O) groups excluding carboxylic acids is 3. The van der Waals surface area contributed by atoms with Crippen LogP contribution in [-0.2, 0) is 20.6 Å². The van der Waals surface area contributed by atoms with Crippen LogP contribution >= 0.6 is 34.7 Å². The van der Waals surface area contributed by atoms with E-state index in [1.165, 1.54) is 30.3 Å². The van der Waals surface area contributed by atoms with Crippen molar-refractivity contribution in [1.29, 1.82) is 0 Å². The average molecular weight is 660 g/mol. The van der Waals surface area contributed by atoms with Gasteiger partial charge in [-0.3, -0.25) is 19.2 Å². The molecule has 0 radical (unpaired) electrons. The average Bonchev–Trinajstić information content (AvgIpc) is 3.47. The number of H-pyrrole nitrogens is 1. The summed E-state index contributed by atoms with van der Waals surface area (Å²) < 4.78 is 47.7. The van der Waals surface area contributed by atoms with E-state index in [0.29, 0.717) is 26.1 Å². The molecule has 3 heterocycles. The number of benzene rings is 3. The van der Waals surface area contributed by atoms with Crippen LogP contribution in [0, 0.1) is 12.8 Å².